The summed E-state index contributed by atoms with van der Waals surface area (Å²) in [6, 6.07) is 27.6. The van der Waals surface area contributed by atoms with Crippen molar-refractivity contribution in [1.29, 1.82) is 0 Å². The number of hydrogen-bond donors (Lipinski definition) is 3. The number of methoxy groups -OCH3 is 3. The van der Waals surface area contributed by atoms with E-state index in [1.54, 1.807) is 79.9 Å². The minimum atomic E-state index is -4.93. The fourth-order valence-corrected chi connectivity index (χ4v) is 11.6. The molecule has 4 N–H and O–H groups in total. The molecule has 5 aromatic carbocycles. The van der Waals surface area contributed by atoms with Gasteiger partial charge in [-0.1, -0.05) is 65.9 Å². The normalized spacial score (nSPS) is 12.3. The Morgan fingerprint density at radius 1 is 0.806 bits per heavy atom. The molecule has 1 amide bonds. The van der Waals surface area contributed by atoms with Gasteiger partial charge in [-0.25, -0.2) is 26.6 Å². The number of hydrogen-bond acceptors (Lipinski definition) is 14. The van der Waals surface area contributed by atoms with Crippen LogP contribution in [0, 0.1) is 0 Å². The number of thiazole rings is 1. The Morgan fingerprint density at radius 3 is 1.92 bits per heavy atom. The number of nitrogens with zero attached hydrogens (tertiary/aromatic N) is 6. The SMILES string of the molecule is COc1ccc(CN(Cc2ccc(OC)cc2)S(=O)(=O)c2c(S(=O)(=O)C[C@H](C)NC(=O)O)ccc(-c3cccc4sc(N)nc34)c2-c2nnn(Cc3ccc(OC)cc3)n2)cc1. The first-order valence-electron chi connectivity index (χ1n) is 18.9. The smallest absolute Gasteiger partial charge is 0.404 e. The van der Waals surface area contributed by atoms with Crippen LogP contribution >= 0.6 is 11.3 Å². The third-order valence-corrected chi connectivity index (χ3v) is 14.6. The fourth-order valence-electron chi connectivity index (χ4n) is 6.89. The third-order valence-electron chi connectivity index (χ3n) is 9.81. The molecule has 2 heterocycles. The van der Waals surface area contributed by atoms with Crippen LogP contribution in [0.1, 0.15) is 23.6 Å². The van der Waals surface area contributed by atoms with Crippen molar-refractivity contribution in [3.8, 4) is 39.8 Å². The average molecular weight is 899 g/mol. The highest BCUT2D eigenvalue weighted by Gasteiger charge is 2.38. The van der Waals surface area contributed by atoms with Gasteiger partial charge in [-0.15, -0.1) is 10.2 Å². The molecule has 7 rings (SSSR count). The molecule has 0 bridgehead atoms. The number of fused-ring (bicyclic) bond motifs is 1. The van der Waals surface area contributed by atoms with Crippen molar-refractivity contribution in [3.63, 3.8) is 0 Å². The second kappa shape index (κ2) is 18.2. The molecule has 0 aliphatic heterocycles. The van der Waals surface area contributed by atoms with Gasteiger partial charge < -0.3 is 30.4 Å². The van der Waals surface area contributed by atoms with E-state index in [2.05, 4.69) is 25.7 Å². The Balaban J connectivity index is 1.51. The van der Waals surface area contributed by atoms with Gasteiger partial charge in [-0.3, -0.25) is 0 Å². The first-order valence-corrected chi connectivity index (χ1v) is 22.8. The van der Waals surface area contributed by atoms with Crippen LogP contribution in [0.15, 0.2) is 113 Å². The molecular weight excluding hydrogens is 857 g/mol. The zero-order chi connectivity index (χ0) is 44.2. The minimum Gasteiger partial charge on any atom is -0.497 e. The van der Waals surface area contributed by atoms with Gasteiger partial charge in [0.05, 0.1) is 54.3 Å². The second-order valence-electron chi connectivity index (χ2n) is 14.1. The van der Waals surface area contributed by atoms with Crippen molar-refractivity contribution in [1.82, 2.24) is 34.8 Å². The molecule has 17 nitrogen and oxygen atoms in total. The summed E-state index contributed by atoms with van der Waals surface area (Å²) in [4.78, 5) is 16.2. The van der Waals surface area contributed by atoms with E-state index < -0.39 is 47.5 Å². The number of anilines is 1. The van der Waals surface area contributed by atoms with Crippen LogP contribution < -0.4 is 25.3 Å². The summed E-state index contributed by atoms with van der Waals surface area (Å²) in [5.41, 5.74) is 9.01. The van der Waals surface area contributed by atoms with Gasteiger partial charge in [0, 0.05) is 24.7 Å². The molecular formula is C42H42N8O9S3. The molecule has 62 heavy (non-hydrogen) atoms. The molecule has 0 radical (unpaired) electrons. The van der Waals surface area contributed by atoms with Crippen LogP contribution in [0.25, 0.3) is 32.7 Å². The Labute approximate surface area is 361 Å². The predicted octanol–water partition coefficient (Wildman–Crippen LogP) is 6.09. The number of nitrogens with two attached hydrogens (primary N) is 1. The molecule has 0 saturated heterocycles. The fraction of sp³-hybridized carbons (Fsp3) is 0.214. The van der Waals surface area contributed by atoms with E-state index in [4.69, 9.17) is 19.9 Å². The predicted molar refractivity (Wildman–Crippen MR) is 233 cm³/mol. The van der Waals surface area contributed by atoms with E-state index >= 15 is 8.42 Å². The van der Waals surface area contributed by atoms with Crippen LogP contribution in [0.3, 0.4) is 0 Å². The average Bonchev–Trinajstić information content (AvgIpc) is 3.88. The molecule has 0 saturated carbocycles. The lowest BCUT2D eigenvalue weighted by Crippen LogP contribution is -2.37. The first-order chi connectivity index (χ1) is 29.7. The Morgan fingerprint density at radius 2 is 1.37 bits per heavy atom. The molecule has 0 aliphatic carbocycles. The van der Waals surface area contributed by atoms with E-state index in [9.17, 15) is 18.3 Å². The third kappa shape index (κ3) is 9.47. The number of ether oxygens (including phenoxy) is 3. The zero-order valence-corrected chi connectivity index (χ0v) is 36.4. The number of nitrogen functional groups attached to an aromatic ring is 1. The lowest BCUT2D eigenvalue weighted by molar-refractivity contribution is 0.192. The van der Waals surface area contributed by atoms with E-state index in [1.807, 2.05) is 18.2 Å². The van der Waals surface area contributed by atoms with Crippen molar-refractivity contribution < 1.29 is 40.9 Å². The highest BCUT2D eigenvalue weighted by Crippen LogP contribution is 2.44. The highest BCUT2D eigenvalue weighted by molar-refractivity contribution is 7.93. The van der Waals surface area contributed by atoms with Crippen molar-refractivity contribution in [2.24, 2.45) is 0 Å². The molecule has 0 spiro atoms. The van der Waals surface area contributed by atoms with E-state index in [0.717, 1.165) is 5.56 Å². The number of benzene rings is 5. The Bertz CT molecular complexity index is 2890. The van der Waals surface area contributed by atoms with Gasteiger partial charge in [0.15, 0.2) is 15.0 Å². The van der Waals surface area contributed by atoms with Gasteiger partial charge in [0.25, 0.3) is 0 Å². The summed E-state index contributed by atoms with van der Waals surface area (Å²) in [7, 11) is -4.98. The summed E-state index contributed by atoms with van der Waals surface area (Å²) in [5.74, 6) is 0.748. The molecule has 2 aromatic heterocycles. The van der Waals surface area contributed by atoms with Gasteiger partial charge in [-0.2, -0.15) is 9.10 Å². The molecule has 1 atom stereocenters. The number of amides is 1. The Hall–Kier alpha value is -6.61. The summed E-state index contributed by atoms with van der Waals surface area (Å²) in [6.45, 7) is 1.06. The van der Waals surface area contributed by atoms with Crippen LogP contribution in [-0.2, 0) is 39.5 Å². The van der Waals surface area contributed by atoms with E-state index in [-0.39, 0.29) is 41.7 Å². The van der Waals surface area contributed by atoms with Crippen molar-refractivity contribution in [3.05, 3.63) is 120 Å². The summed E-state index contributed by atoms with van der Waals surface area (Å²) in [5, 5.41) is 25.2. The van der Waals surface area contributed by atoms with Crippen LogP contribution in [0.2, 0.25) is 0 Å². The summed E-state index contributed by atoms with van der Waals surface area (Å²) in [6.07, 6.45) is -1.45. The number of carbonyl (C=O) groups is 1. The number of nitrogens with one attached hydrogen (secondary N) is 1. The molecule has 322 valence electrons. The van der Waals surface area contributed by atoms with Gasteiger partial charge in [-0.05, 0) is 82.9 Å². The Kier molecular flexibility index (Phi) is 12.7. The van der Waals surface area contributed by atoms with E-state index in [0.29, 0.717) is 44.2 Å². The summed E-state index contributed by atoms with van der Waals surface area (Å²) < 4.78 is 79.0. The van der Waals surface area contributed by atoms with Crippen molar-refractivity contribution >= 4 is 52.6 Å². The quantitative estimate of drug-likeness (QED) is 0.0939. The number of tetrazole rings is 1. The van der Waals surface area contributed by atoms with Crippen molar-refractivity contribution in [2.45, 2.75) is 42.4 Å². The number of aromatic nitrogens is 5. The number of para-hydroxylation sites is 1. The maximum Gasteiger partial charge on any atom is 0.404 e. The van der Waals surface area contributed by atoms with E-state index in [1.165, 1.54) is 53.7 Å². The zero-order valence-electron chi connectivity index (χ0n) is 33.9. The van der Waals surface area contributed by atoms with Crippen LogP contribution in [0.5, 0.6) is 17.2 Å². The van der Waals surface area contributed by atoms with Gasteiger partial charge >= 0.3 is 6.09 Å². The van der Waals surface area contributed by atoms with Crippen LogP contribution in [0.4, 0.5) is 9.93 Å². The lowest BCUT2D eigenvalue weighted by atomic mass is 9.98. The number of rotatable bonds is 17. The molecule has 20 heteroatoms. The molecule has 0 aliphatic rings. The van der Waals surface area contributed by atoms with Crippen molar-refractivity contribution in [2.75, 3.05) is 32.8 Å². The standard InChI is InChI=1S/C42H42N8O9S3/c1-26(44-42(51)52)25-61(53,54)36-21-20-33(34-6-5-7-35-38(34)45-41(43)60-35)37(40-46-48-50(47-40)24-29-12-18-32(59-4)19-13-29)39(36)62(55,56)49(22-27-8-14-30(57-2)15-9-27)23-28-10-16-31(58-3)17-11-28/h5-21,26,44H,22-25H2,1-4H3,(H2,43,45)(H,51,52)/t26-/m0/s1. The first kappa shape index (κ1) is 43.5. The molecule has 7 aromatic rings. The molecule has 0 fully saturated rings. The maximum atomic E-state index is 15.9. The lowest BCUT2D eigenvalue weighted by Gasteiger charge is -2.26. The second-order valence-corrected chi connectivity index (χ2v) is 19.1. The number of carboxylic acid groups (broad SMARTS) is 1. The number of sulfonamides is 1. The summed E-state index contributed by atoms with van der Waals surface area (Å²) >= 11 is 1.23. The van der Waals surface area contributed by atoms with Gasteiger partial charge in [0.1, 0.15) is 22.1 Å². The monoisotopic (exact) mass is 898 g/mol. The minimum absolute atomic E-state index is 0.115. The van der Waals surface area contributed by atoms with Gasteiger partial charge in [0.2, 0.25) is 15.8 Å². The molecule has 0 unspecified atom stereocenters. The maximum absolute atomic E-state index is 15.9. The highest BCUT2D eigenvalue weighted by atomic mass is 32.2. The van der Waals surface area contributed by atoms with Crippen LogP contribution in [-0.4, -0.2) is 90.7 Å². The largest absolute Gasteiger partial charge is 0.497 e. The topological polar surface area (TPSA) is 231 Å². The number of sulfone groups is 1.